The first kappa shape index (κ1) is 18.4. The van der Waals surface area contributed by atoms with Crippen molar-refractivity contribution >= 4 is 21.4 Å². The van der Waals surface area contributed by atoms with E-state index in [1.807, 2.05) is 49.4 Å². The Balaban J connectivity index is 1.67. The topological polar surface area (TPSA) is 63.2 Å². The van der Waals surface area contributed by atoms with Gasteiger partial charge in [-0.25, -0.2) is 8.42 Å². The maximum atomic E-state index is 12.8. The summed E-state index contributed by atoms with van der Waals surface area (Å²) in [6, 6.07) is 16.1. The normalized spacial score (nSPS) is 19.9. The van der Waals surface area contributed by atoms with Gasteiger partial charge in [0.1, 0.15) is 0 Å². The second-order valence-electron chi connectivity index (χ2n) is 6.84. The van der Waals surface area contributed by atoms with Crippen molar-refractivity contribution in [2.75, 3.05) is 5.32 Å². The summed E-state index contributed by atoms with van der Waals surface area (Å²) in [7, 11) is -3.38. The SMILES string of the molecule is C=C(C(=O)Nc1ccccc1)[C@H]1CC[C@@H](S(=O)(=O)c2ccc(C)cc2)C1. The molecule has 1 N–H and O–H groups in total. The number of sulfone groups is 1. The molecule has 26 heavy (non-hydrogen) atoms. The van der Waals surface area contributed by atoms with Crippen LogP contribution in [0.1, 0.15) is 24.8 Å². The number of nitrogens with one attached hydrogen (secondary N) is 1. The van der Waals surface area contributed by atoms with Gasteiger partial charge in [0.15, 0.2) is 9.84 Å². The number of hydrogen-bond acceptors (Lipinski definition) is 3. The summed E-state index contributed by atoms with van der Waals surface area (Å²) in [4.78, 5) is 12.8. The first-order chi connectivity index (χ1) is 12.4. The molecule has 1 aliphatic rings. The first-order valence-electron chi connectivity index (χ1n) is 8.73. The van der Waals surface area contributed by atoms with Crippen molar-refractivity contribution in [3.8, 4) is 0 Å². The average Bonchev–Trinajstić information content (AvgIpc) is 3.13. The summed E-state index contributed by atoms with van der Waals surface area (Å²) < 4.78 is 25.7. The third-order valence-electron chi connectivity index (χ3n) is 4.99. The third kappa shape index (κ3) is 3.88. The Morgan fingerprint density at radius 1 is 1.04 bits per heavy atom. The molecule has 0 heterocycles. The summed E-state index contributed by atoms with van der Waals surface area (Å²) in [6.45, 7) is 5.85. The van der Waals surface area contributed by atoms with E-state index in [0.29, 0.717) is 35.4 Å². The molecular formula is C21H23NO3S. The van der Waals surface area contributed by atoms with E-state index in [1.165, 1.54) is 0 Å². The van der Waals surface area contributed by atoms with Gasteiger partial charge in [-0.3, -0.25) is 4.79 Å². The minimum Gasteiger partial charge on any atom is -0.322 e. The van der Waals surface area contributed by atoms with E-state index in [1.54, 1.807) is 12.1 Å². The summed E-state index contributed by atoms with van der Waals surface area (Å²) in [5.74, 6) is -0.349. The molecule has 4 nitrogen and oxygen atoms in total. The number of rotatable bonds is 5. The van der Waals surface area contributed by atoms with E-state index in [2.05, 4.69) is 11.9 Å². The molecule has 3 rings (SSSR count). The Morgan fingerprint density at radius 3 is 2.35 bits per heavy atom. The highest BCUT2D eigenvalue weighted by molar-refractivity contribution is 7.92. The van der Waals surface area contributed by atoms with Gasteiger partial charge in [0, 0.05) is 11.3 Å². The summed E-state index contributed by atoms with van der Waals surface area (Å²) in [6.07, 6.45) is 1.66. The Labute approximate surface area is 154 Å². The molecule has 0 spiro atoms. The van der Waals surface area contributed by atoms with Crippen LogP contribution in [0.15, 0.2) is 71.6 Å². The van der Waals surface area contributed by atoms with Gasteiger partial charge in [-0.2, -0.15) is 0 Å². The van der Waals surface area contributed by atoms with Crippen LogP contribution in [0.5, 0.6) is 0 Å². The van der Waals surface area contributed by atoms with Gasteiger partial charge in [0.2, 0.25) is 0 Å². The Bertz CT molecular complexity index is 902. The fourth-order valence-electron chi connectivity index (χ4n) is 3.38. The number of carbonyl (C=O) groups excluding carboxylic acids is 1. The molecule has 0 bridgehead atoms. The van der Waals surface area contributed by atoms with Crippen LogP contribution >= 0.6 is 0 Å². The van der Waals surface area contributed by atoms with Crippen molar-refractivity contribution in [3.05, 3.63) is 72.3 Å². The molecule has 1 fully saturated rings. The molecular weight excluding hydrogens is 346 g/mol. The second-order valence-corrected chi connectivity index (χ2v) is 9.06. The van der Waals surface area contributed by atoms with Crippen LogP contribution in [0.4, 0.5) is 5.69 Å². The molecule has 2 aromatic rings. The van der Waals surface area contributed by atoms with Crippen molar-refractivity contribution in [2.45, 2.75) is 36.3 Å². The molecule has 2 atom stereocenters. The Morgan fingerprint density at radius 2 is 1.69 bits per heavy atom. The maximum absolute atomic E-state index is 12.8. The minimum absolute atomic E-state index is 0.107. The van der Waals surface area contributed by atoms with E-state index >= 15 is 0 Å². The van der Waals surface area contributed by atoms with Gasteiger partial charge in [-0.1, -0.05) is 42.5 Å². The fourth-order valence-corrected chi connectivity index (χ4v) is 5.21. The standard InChI is InChI=1S/C21H23NO3S/c1-15-8-11-19(12-9-15)26(24,25)20-13-10-17(14-20)16(2)21(23)22-18-6-4-3-5-7-18/h3-9,11-12,17,20H,2,10,13-14H2,1H3,(H,22,23)/t17-,20+/m0/s1. The molecule has 136 valence electrons. The quantitative estimate of drug-likeness (QED) is 0.806. The Hall–Kier alpha value is -2.40. The molecule has 0 unspecified atom stereocenters. The van der Waals surface area contributed by atoms with E-state index in [4.69, 9.17) is 0 Å². The smallest absolute Gasteiger partial charge is 0.251 e. The fraction of sp³-hybridized carbons (Fsp3) is 0.286. The van der Waals surface area contributed by atoms with E-state index in [9.17, 15) is 13.2 Å². The highest BCUT2D eigenvalue weighted by Crippen LogP contribution is 2.37. The highest BCUT2D eigenvalue weighted by atomic mass is 32.2. The number of aryl methyl sites for hydroxylation is 1. The number of anilines is 1. The number of para-hydroxylation sites is 1. The number of hydrogen-bond donors (Lipinski definition) is 1. The van der Waals surface area contributed by atoms with Crippen LogP contribution in [-0.2, 0) is 14.6 Å². The van der Waals surface area contributed by atoms with Crippen LogP contribution < -0.4 is 5.32 Å². The number of carbonyl (C=O) groups is 1. The number of amides is 1. The van der Waals surface area contributed by atoms with Gasteiger partial charge in [-0.15, -0.1) is 0 Å². The predicted octanol–water partition coefficient (Wildman–Crippen LogP) is 4.13. The molecule has 0 saturated heterocycles. The van der Waals surface area contributed by atoms with Crippen LogP contribution in [0.25, 0.3) is 0 Å². The number of benzene rings is 2. The van der Waals surface area contributed by atoms with Crippen molar-refractivity contribution in [2.24, 2.45) is 5.92 Å². The van der Waals surface area contributed by atoms with Crippen LogP contribution in [0, 0.1) is 12.8 Å². The van der Waals surface area contributed by atoms with Crippen molar-refractivity contribution in [1.29, 1.82) is 0 Å². The lowest BCUT2D eigenvalue weighted by Crippen LogP contribution is -2.21. The average molecular weight is 369 g/mol. The zero-order chi connectivity index (χ0) is 18.7. The lowest BCUT2D eigenvalue weighted by atomic mass is 9.98. The monoisotopic (exact) mass is 369 g/mol. The zero-order valence-corrected chi connectivity index (χ0v) is 15.6. The van der Waals surface area contributed by atoms with Crippen molar-refractivity contribution in [3.63, 3.8) is 0 Å². The molecule has 2 aromatic carbocycles. The van der Waals surface area contributed by atoms with Gasteiger partial charge in [0.25, 0.3) is 5.91 Å². The molecule has 0 radical (unpaired) electrons. The molecule has 1 aliphatic carbocycles. The van der Waals surface area contributed by atoms with Crippen LogP contribution in [0.3, 0.4) is 0 Å². The summed E-state index contributed by atoms with van der Waals surface area (Å²) >= 11 is 0. The van der Waals surface area contributed by atoms with Crippen molar-refractivity contribution in [1.82, 2.24) is 0 Å². The largest absolute Gasteiger partial charge is 0.322 e. The van der Waals surface area contributed by atoms with Gasteiger partial charge in [-0.05, 0) is 56.4 Å². The molecule has 0 aromatic heterocycles. The third-order valence-corrected chi connectivity index (χ3v) is 7.22. The van der Waals surface area contributed by atoms with Gasteiger partial charge < -0.3 is 5.32 Å². The van der Waals surface area contributed by atoms with Crippen LogP contribution in [0.2, 0.25) is 0 Å². The second kappa shape index (κ2) is 7.46. The van der Waals surface area contributed by atoms with E-state index in [-0.39, 0.29) is 11.8 Å². The summed E-state index contributed by atoms with van der Waals surface area (Å²) in [5, 5.41) is 2.36. The molecule has 5 heteroatoms. The predicted molar refractivity (Wildman–Crippen MR) is 104 cm³/mol. The van der Waals surface area contributed by atoms with Crippen LogP contribution in [-0.4, -0.2) is 19.6 Å². The maximum Gasteiger partial charge on any atom is 0.251 e. The van der Waals surface area contributed by atoms with Gasteiger partial charge >= 0.3 is 0 Å². The minimum atomic E-state index is -3.38. The van der Waals surface area contributed by atoms with Crippen molar-refractivity contribution < 1.29 is 13.2 Å². The van der Waals surface area contributed by atoms with E-state index < -0.39 is 15.1 Å². The lowest BCUT2D eigenvalue weighted by Gasteiger charge is -2.15. The Kier molecular flexibility index (Phi) is 5.28. The highest BCUT2D eigenvalue weighted by Gasteiger charge is 2.37. The lowest BCUT2D eigenvalue weighted by molar-refractivity contribution is -0.113. The molecule has 1 saturated carbocycles. The molecule has 0 aliphatic heterocycles. The van der Waals surface area contributed by atoms with Gasteiger partial charge in [0.05, 0.1) is 10.1 Å². The molecule has 1 amide bonds. The first-order valence-corrected chi connectivity index (χ1v) is 10.3. The zero-order valence-electron chi connectivity index (χ0n) is 14.8. The summed E-state index contributed by atoms with van der Waals surface area (Å²) in [5.41, 5.74) is 2.19. The van der Waals surface area contributed by atoms with E-state index in [0.717, 1.165) is 5.56 Å².